The fourth-order valence-corrected chi connectivity index (χ4v) is 3.39. The van der Waals surface area contributed by atoms with Crippen molar-refractivity contribution < 1.29 is 14.0 Å². The quantitative estimate of drug-likeness (QED) is 0.840. The van der Waals surface area contributed by atoms with Gasteiger partial charge in [0.1, 0.15) is 5.82 Å². The van der Waals surface area contributed by atoms with Gasteiger partial charge in [-0.2, -0.15) is 0 Å². The predicted molar refractivity (Wildman–Crippen MR) is 99.5 cm³/mol. The molecular formula is C21H23FN2O2. The fourth-order valence-electron chi connectivity index (χ4n) is 3.39. The summed E-state index contributed by atoms with van der Waals surface area (Å²) < 4.78 is 14.5. The van der Waals surface area contributed by atoms with Crippen molar-refractivity contribution in [2.45, 2.75) is 19.8 Å². The summed E-state index contributed by atoms with van der Waals surface area (Å²) in [5.74, 6) is -0.788. The molecule has 1 heterocycles. The summed E-state index contributed by atoms with van der Waals surface area (Å²) in [6.45, 7) is 3.45. The molecule has 3 rings (SSSR count). The van der Waals surface area contributed by atoms with Gasteiger partial charge in [0, 0.05) is 36.7 Å². The number of benzene rings is 2. The van der Waals surface area contributed by atoms with Crippen LogP contribution in [0.4, 0.5) is 9.18 Å². The Morgan fingerprint density at radius 1 is 1.19 bits per heavy atom. The maximum absolute atomic E-state index is 14.5. The molecule has 1 aliphatic heterocycles. The number of Topliss-reactive ketones (excluding diaryl/α,β-unsaturated/α-hetero) is 1. The number of likely N-dealkylation sites (tertiary alicyclic amines) is 1. The van der Waals surface area contributed by atoms with Crippen LogP contribution >= 0.6 is 0 Å². The molecule has 26 heavy (non-hydrogen) atoms. The molecular weight excluding hydrogens is 331 g/mol. The number of piperidine rings is 1. The molecule has 0 radical (unpaired) electrons. The van der Waals surface area contributed by atoms with Crippen molar-refractivity contribution in [3.05, 3.63) is 59.9 Å². The highest BCUT2D eigenvalue weighted by molar-refractivity contribution is 5.98. The van der Waals surface area contributed by atoms with E-state index in [0.29, 0.717) is 30.8 Å². The molecule has 2 aromatic carbocycles. The molecule has 136 valence electrons. The van der Waals surface area contributed by atoms with Gasteiger partial charge in [-0.1, -0.05) is 42.5 Å². The van der Waals surface area contributed by atoms with Crippen LogP contribution in [-0.2, 0) is 0 Å². The Kier molecular flexibility index (Phi) is 5.66. The van der Waals surface area contributed by atoms with Gasteiger partial charge in [-0.05, 0) is 31.4 Å². The number of rotatable bonds is 4. The minimum atomic E-state index is -0.404. The molecule has 1 aliphatic rings. The van der Waals surface area contributed by atoms with E-state index in [-0.39, 0.29) is 17.7 Å². The zero-order valence-electron chi connectivity index (χ0n) is 14.9. The van der Waals surface area contributed by atoms with Crippen molar-refractivity contribution in [2.75, 3.05) is 19.6 Å². The lowest BCUT2D eigenvalue weighted by atomic mass is 9.89. The lowest BCUT2D eigenvalue weighted by Crippen LogP contribution is -2.47. The fraction of sp³-hybridized carbons (Fsp3) is 0.333. The van der Waals surface area contributed by atoms with Crippen LogP contribution in [-0.4, -0.2) is 36.3 Å². The molecule has 4 nitrogen and oxygen atoms in total. The molecule has 0 spiro atoms. The number of hydrogen-bond acceptors (Lipinski definition) is 2. The molecule has 0 aliphatic carbocycles. The predicted octanol–water partition coefficient (Wildman–Crippen LogP) is 4.12. The second kappa shape index (κ2) is 8.13. The summed E-state index contributed by atoms with van der Waals surface area (Å²) in [4.78, 5) is 26.5. The van der Waals surface area contributed by atoms with Crippen LogP contribution in [0.3, 0.4) is 0 Å². The molecule has 1 atom stereocenters. The Labute approximate surface area is 153 Å². The molecule has 0 bridgehead atoms. The van der Waals surface area contributed by atoms with Crippen LogP contribution in [0.15, 0.2) is 48.5 Å². The molecule has 5 heteroatoms. The van der Waals surface area contributed by atoms with Gasteiger partial charge >= 0.3 is 6.03 Å². The first-order valence-electron chi connectivity index (χ1n) is 9.02. The van der Waals surface area contributed by atoms with Gasteiger partial charge in [0.05, 0.1) is 0 Å². The second-order valence-corrected chi connectivity index (χ2v) is 6.55. The van der Waals surface area contributed by atoms with Gasteiger partial charge in [0.25, 0.3) is 0 Å². The first-order chi connectivity index (χ1) is 12.6. The van der Waals surface area contributed by atoms with Gasteiger partial charge in [0.2, 0.25) is 0 Å². The monoisotopic (exact) mass is 354 g/mol. The topological polar surface area (TPSA) is 49.4 Å². The zero-order valence-corrected chi connectivity index (χ0v) is 14.9. The summed E-state index contributed by atoms with van der Waals surface area (Å²) in [5, 5.41) is 2.76. The lowest BCUT2D eigenvalue weighted by Gasteiger charge is -2.32. The van der Waals surface area contributed by atoms with Gasteiger partial charge < -0.3 is 10.2 Å². The molecule has 1 fully saturated rings. The third-order valence-electron chi connectivity index (χ3n) is 4.75. The minimum absolute atomic E-state index is 0.0995. The lowest BCUT2D eigenvalue weighted by molar-refractivity contribution is 0.0845. The molecule has 2 aromatic rings. The van der Waals surface area contributed by atoms with Crippen LogP contribution in [0.2, 0.25) is 0 Å². The number of amides is 2. The smallest absolute Gasteiger partial charge is 0.317 e. The van der Waals surface area contributed by atoms with Gasteiger partial charge in [-0.15, -0.1) is 0 Å². The summed E-state index contributed by atoms with van der Waals surface area (Å²) in [5.41, 5.74) is 1.63. The molecule has 1 saturated heterocycles. The highest BCUT2D eigenvalue weighted by atomic mass is 19.1. The summed E-state index contributed by atoms with van der Waals surface area (Å²) in [6.07, 6.45) is 1.49. The Morgan fingerprint density at radius 3 is 2.65 bits per heavy atom. The number of nitrogens with zero attached hydrogens (tertiary/aromatic N) is 1. The van der Waals surface area contributed by atoms with Crippen molar-refractivity contribution >= 4 is 11.8 Å². The first-order valence-corrected chi connectivity index (χ1v) is 9.02. The molecule has 0 saturated carbocycles. The summed E-state index contributed by atoms with van der Waals surface area (Å²) in [6, 6.07) is 13.8. The van der Waals surface area contributed by atoms with Crippen molar-refractivity contribution in [2.24, 2.45) is 5.92 Å². The summed E-state index contributed by atoms with van der Waals surface area (Å²) >= 11 is 0. The van der Waals surface area contributed by atoms with E-state index < -0.39 is 5.82 Å². The SMILES string of the molecule is CCNC(=O)N1CCCC(C(=O)c2ccc(-c3ccccc3)c(F)c2)C1. The molecule has 2 amide bonds. The van der Waals surface area contributed by atoms with Crippen molar-refractivity contribution in [3.8, 4) is 11.1 Å². The van der Waals surface area contributed by atoms with Crippen LogP contribution in [0.5, 0.6) is 0 Å². The number of urea groups is 1. The normalized spacial score (nSPS) is 17.0. The van der Waals surface area contributed by atoms with Crippen LogP contribution in [0, 0.1) is 11.7 Å². The maximum atomic E-state index is 14.5. The second-order valence-electron chi connectivity index (χ2n) is 6.55. The average Bonchev–Trinajstić information content (AvgIpc) is 2.68. The van der Waals surface area contributed by atoms with Gasteiger partial charge in [-0.25, -0.2) is 9.18 Å². The van der Waals surface area contributed by atoms with E-state index in [1.165, 1.54) is 6.07 Å². The Balaban J connectivity index is 1.75. The van der Waals surface area contributed by atoms with Crippen LogP contribution < -0.4 is 5.32 Å². The largest absolute Gasteiger partial charge is 0.338 e. The minimum Gasteiger partial charge on any atom is -0.338 e. The van der Waals surface area contributed by atoms with Crippen molar-refractivity contribution in [3.63, 3.8) is 0 Å². The van der Waals surface area contributed by atoms with Crippen molar-refractivity contribution in [1.82, 2.24) is 10.2 Å². The Bertz CT molecular complexity index is 792. The standard InChI is InChI=1S/C21H23FN2O2/c1-2-23-21(26)24-12-6-9-17(14-24)20(25)16-10-11-18(19(22)13-16)15-7-4-3-5-8-15/h3-5,7-8,10-11,13,17H,2,6,9,12,14H2,1H3,(H,23,26). The number of carbonyl (C=O) groups is 2. The van der Waals surface area contributed by atoms with E-state index in [1.807, 2.05) is 37.3 Å². The first kappa shape index (κ1) is 18.1. The van der Waals surface area contributed by atoms with Crippen LogP contribution in [0.1, 0.15) is 30.1 Å². The number of ketones is 1. The van der Waals surface area contributed by atoms with E-state index in [0.717, 1.165) is 18.4 Å². The van der Waals surface area contributed by atoms with Gasteiger partial charge in [0.15, 0.2) is 5.78 Å². The molecule has 1 N–H and O–H groups in total. The average molecular weight is 354 g/mol. The summed E-state index contributed by atoms with van der Waals surface area (Å²) in [7, 11) is 0. The van der Waals surface area contributed by atoms with Gasteiger partial charge in [-0.3, -0.25) is 4.79 Å². The number of hydrogen-bond donors (Lipinski definition) is 1. The maximum Gasteiger partial charge on any atom is 0.317 e. The highest BCUT2D eigenvalue weighted by Crippen LogP contribution is 2.26. The number of nitrogens with one attached hydrogen (secondary N) is 1. The van der Waals surface area contributed by atoms with Crippen LogP contribution in [0.25, 0.3) is 11.1 Å². The zero-order chi connectivity index (χ0) is 18.5. The van der Waals surface area contributed by atoms with E-state index in [9.17, 15) is 14.0 Å². The number of halogens is 1. The third kappa shape index (κ3) is 3.93. The van der Waals surface area contributed by atoms with E-state index in [4.69, 9.17) is 0 Å². The van der Waals surface area contributed by atoms with Crippen molar-refractivity contribution in [1.29, 1.82) is 0 Å². The van der Waals surface area contributed by atoms with E-state index in [1.54, 1.807) is 17.0 Å². The van der Waals surface area contributed by atoms with E-state index >= 15 is 0 Å². The Morgan fingerprint density at radius 2 is 1.96 bits per heavy atom. The highest BCUT2D eigenvalue weighted by Gasteiger charge is 2.29. The molecule has 1 unspecified atom stereocenters. The third-order valence-corrected chi connectivity index (χ3v) is 4.75. The molecule has 0 aromatic heterocycles. The Hall–Kier alpha value is -2.69. The number of carbonyl (C=O) groups excluding carboxylic acids is 2. The van der Waals surface area contributed by atoms with E-state index in [2.05, 4.69) is 5.32 Å².